The van der Waals surface area contributed by atoms with Crippen molar-refractivity contribution < 1.29 is 19.1 Å². The number of esters is 1. The fraction of sp³-hybridized carbons (Fsp3) is 0.812. The number of ether oxygens (including phenoxy) is 1. The second-order valence-corrected chi connectivity index (χ2v) is 5.89. The maximum atomic E-state index is 11.8. The molecule has 1 aliphatic rings. The molecule has 0 aromatic rings. The Kier molecular flexibility index (Phi) is 8.01. The Morgan fingerprint density at radius 3 is 2.71 bits per heavy atom. The summed E-state index contributed by atoms with van der Waals surface area (Å²) in [5.41, 5.74) is 0. The van der Waals surface area contributed by atoms with E-state index in [0.29, 0.717) is 19.4 Å². The van der Waals surface area contributed by atoms with Crippen molar-refractivity contribution in [2.75, 3.05) is 6.54 Å². The molecular formula is C16H27NO4. The Hall–Kier alpha value is -1.39. The van der Waals surface area contributed by atoms with Gasteiger partial charge in [-0.1, -0.05) is 12.8 Å². The monoisotopic (exact) mass is 297 g/mol. The topological polar surface area (TPSA) is 63.7 Å². The van der Waals surface area contributed by atoms with E-state index in [-0.39, 0.29) is 24.0 Å². The fourth-order valence-corrected chi connectivity index (χ4v) is 2.61. The van der Waals surface area contributed by atoms with Crippen LogP contribution in [0.5, 0.6) is 0 Å². The zero-order valence-electron chi connectivity index (χ0n) is 13.2. The number of hydrogen-bond acceptors (Lipinski definition) is 4. The number of nitrogens with zero attached hydrogens (tertiary/aromatic N) is 1. The second-order valence-electron chi connectivity index (χ2n) is 5.89. The third-order valence-electron chi connectivity index (χ3n) is 3.67. The molecule has 0 aliphatic carbocycles. The van der Waals surface area contributed by atoms with Crippen molar-refractivity contribution in [3.8, 4) is 0 Å². The number of amides is 1. The predicted molar refractivity (Wildman–Crippen MR) is 79.7 cm³/mol. The number of aldehydes is 1. The number of carbonyl (C=O) groups excluding carboxylic acids is 3. The van der Waals surface area contributed by atoms with E-state index in [1.54, 1.807) is 4.90 Å². The Labute approximate surface area is 127 Å². The molecule has 1 atom stereocenters. The first-order valence-electron chi connectivity index (χ1n) is 7.99. The number of piperidine rings is 1. The highest BCUT2D eigenvalue weighted by Crippen LogP contribution is 2.18. The van der Waals surface area contributed by atoms with Gasteiger partial charge < -0.3 is 14.4 Å². The highest BCUT2D eigenvalue weighted by atomic mass is 16.5. The lowest BCUT2D eigenvalue weighted by molar-refractivity contribution is -0.147. The quantitative estimate of drug-likeness (QED) is 0.372. The van der Waals surface area contributed by atoms with Crippen LogP contribution in [-0.2, 0) is 19.1 Å². The van der Waals surface area contributed by atoms with Crippen LogP contribution in [0.25, 0.3) is 0 Å². The van der Waals surface area contributed by atoms with Crippen LogP contribution >= 0.6 is 0 Å². The van der Waals surface area contributed by atoms with Crippen LogP contribution in [0.3, 0.4) is 0 Å². The normalized spacial score (nSPS) is 18.9. The van der Waals surface area contributed by atoms with Crippen molar-refractivity contribution >= 4 is 18.2 Å². The van der Waals surface area contributed by atoms with Gasteiger partial charge in [0.1, 0.15) is 6.29 Å². The van der Waals surface area contributed by atoms with Crippen molar-refractivity contribution in [3.05, 3.63) is 0 Å². The summed E-state index contributed by atoms with van der Waals surface area (Å²) >= 11 is 0. The average Bonchev–Trinajstić information content (AvgIpc) is 2.43. The minimum Gasteiger partial charge on any atom is -0.463 e. The molecule has 1 heterocycles. The first kappa shape index (κ1) is 17.7. The van der Waals surface area contributed by atoms with Gasteiger partial charge in [-0.2, -0.15) is 0 Å². The molecule has 0 N–H and O–H groups in total. The zero-order valence-corrected chi connectivity index (χ0v) is 13.2. The third kappa shape index (κ3) is 6.74. The summed E-state index contributed by atoms with van der Waals surface area (Å²) in [6, 6.07) is -0.229. The lowest BCUT2D eigenvalue weighted by Crippen LogP contribution is -2.44. The molecule has 21 heavy (non-hydrogen) atoms. The van der Waals surface area contributed by atoms with Crippen molar-refractivity contribution in [2.24, 2.45) is 0 Å². The number of rotatable bonds is 9. The molecule has 1 rings (SSSR count). The van der Waals surface area contributed by atoms with Crippen molar-refractivity contribution in [3.63, 3.8) is 0 Å². The van der Waals surface area contributed by atoms with Gasteiger partial charge in [-0.3, -0.25) is 9.59 Å². The smallest absolute Gasteiger partial charge is 0.306 e. The Bertz CT molecular complexity index is 354. The molecule has 1 aliphatic heterocycles. The number of likely N-dealkylation sites (tertiary alicyclic amines) is 1. The maximum absolute atomic E-state index is 11.8. The molecule has 1 amide bonds. The molecule has 0 bridgehead atoms. The molecule has 1 saturated heterocycles. The first-order chi connectivity index (χ1) is 10.0. The summed E-state index contributed by atoms with van der Waals surface area (Å²) in [6.45, 7) is 4.34. The van der Waals surface area contributed by atoms with E-state index in [9.17, 15) is 14.4 Å². The Morgan fingerprint density at radius 2 is 2.05 bits per heavy atom. The summed E-state index contributed by atoms with van der Waals surface area (Å²) in [4.78, 5) is 35.8. The summed E-state index contributed by atoms with van der Waals surface area (Å²) in [6.07, 6.45) is 7.06. The molecule has 120 valence electrons. The van der Waals surface area contributed by atoms with E-state index in [1.807, 2.05) is 13.8 Å². The van der Waals surface area contributed by atoms with Crippen LogP contribution in [0.1, 0.15) is 65.2 Å². The van der Waals surface area contributed by atoms with E-state index in [1.165, 1.54) is 0 Å². The Morgan fingerprint density at radius 1 is 1.33 bits per heavy atom. The summed E-state index contributed by atoms with van der Waals surface area (Å²) in [5.74, 6) is -0.0453. The summed E-state index contributed by atoms with van der Waals surface area (Å²) in [7, 11) is 0. The van der Waals surface area contributed by atoms with E-state index in [2.05, 4.69) is 0 Å². The average molecular weight is 297 g/mol. The maximum Gasteiger partial charge on any atom is 0.306 e. The van der Waals surface area contributed by atoms with E-state index < -0.39 is 0 Å². The largest absolute Gasteiger partial charge is 0.463 e. The molecule has 0 aromatic carbocycles. The van der Waals surface area contributed by atoms with Gasteiger partial charge in [0.05, 0.1) is 12.1 Å². The second kappa shape index (κ2) is 9.53. The van der Waals surface area contributed by atoms with Crippen LogP contribution in [-0.4, -0.2) is 41.8 Å². The first-order valence-corrected chi connectivity index (χ1v) is 7.99. The minimum absolute atomic E-state index is 0.0529. The van der Waals surface area contributed by atoms with Crippen LogP contribution < -0.4 is 0 Å². The molecule has 0 saturated carbocycles. The van der Waals surface area contributed by atoms with Crippen LogP contribution in [0, 0.1) is 0 Å². The van der Waals surface area contributed by atoms with Gasteiger partial charge in [0.2, 0.25) is 5.91 Å². The Balaban J connectivity index is 2.11. The van der Waals surface area contributed by atoms with E-state index in [4.69, 9.17) is 4.74 Å². The molecule has 0 spiro atoms. The number of hydrogen-bond donors (Lipinski definition) is 0. The van der Waals surface area contributed by atoms with Gasteiger partial charge in [0.15, 0.2) is 0 Å². The molecule has 0 unspecified atom stereocenters. The van der Waals surface area contributed by atoms with Crippen LogP contribution in [0.4, 0.5) is 0 Å². The van der Waals surface area contributed by atoms with Crippen molar-refractivity contribution in [1.82, 2.24) is 4.90 Å². The third-order valence-corrected chi connectivity index (χ3v) is 3.67. The molecule has 1 fully saturated rings. The predicted octanol–water partition coefficient (Wildman–Crippen LogP) is 2.47. The van der Waals surface area contributed by atoms with Crippen LogP contribution in [0.2, 0.25) is 0 Å². The van der Waals surface area contributed by atoms with Crippen LogP contribution in [0.15, 0.2) is 0 Å². The highest BCUT2D eigenvalue weighted by molar-refractivity contribution is 5.81. The van der Waals surface area contributed by atoms with Gasteiger partial charge in [0, 0.05) is 19.4 Å². The number of carbonyl (C=O) groups is 3. The molecule has 5 nitrogen and oxygen atoms in total. The minimum atomic E-state index is -0.229. The van der Waals surface area contributed by atoms with Gasteiger partial charge in [0.25, 0.3) is 0 Å². The SMILES string of the molecule is CC(C)OC(=O)CCCCCCN1C(=O)CCC[C@@H]1C=O. The van der Waals surface area contributed by atoms with E-state index in [0.717, 1.165) is 44.8 Å². The fourth-order valence-electron chi connectivity index (χ4n) is 2.61. The molecule has 5 heteroatoms. The lowest BCUT2D eigenvalue weighted by atomic mass is 10.0. The molecule has 0 aromatic heterocycles. The number of unbranched alkanes of at least 4 members (excludes halogenated alkanes) is 3. The van der Waals surface area contributed by atoms with Gasteiger partial charge in [-0.05, 0) is 39.5 Å². The summed E-state index contributed by atoms with van der Waals surface area (Å²) in [5, 5.41) is 0. The molecular weight excluding hydrogens is 270 g/mol. The zero-order chi connectivity index (χ0) is 15.7. The van der Waals surface area contributed by atoms with E-state index >= 15 is 0 Å². The summed E-state index contributed by atoms with van der Waals surface area (Å²) < 4.78 is 5.06. The standard InChI is InChI=1S/C16H27NO4/c1-13(2)21-16(20)10-5-3-4-6-11-17-14(12-18)8-7-9-15(17)19/h12-14H,3-11H2,1-2H3/t14-/m1/s1. The van der Waals surface area contributed by atoms with Gasteiger partial charge in [-0.25, -0.2) is 0 Å². The van der Waals surface area contributed by atoms with Gasteiger partial charge in [-0.15, -0.1) is 0 Å². The highest BCUT2D eigenvalue weighted by Gasteiger charge is 2.26. The molecule has 0 radical (unpaired) electrons. The van der Waals surface area contributed by atoms with Crippen molar-refractivity contribution in [1.29, 1.82) is 0 Å². The van der Waals surface area contributed by atoms with Crippen molar-refractivity contribution in [2.45, 2.75) is 77.4 Å². The van der Waals surface area contributed by atoms with Gasteiger partial charge >= 0.3 is 5.97 Å². The lowest BCUT2D eigenvalue weighted by Gasteiger charge is -2.32.